The predicted octanol–water partition coefficient (Wildman–Crippen LogP) is 0.670. The van der Waals surface area contributed by atoms with Gasteiger partial charge in [0.05, 0.1) is 0 Å². The summed E-state index contributed by atoms with van der Waals surface area (Å²) in [5.74, 6) is 0.943. The van der Waals surface area contributed by atoms with E-state index >= 15 is 0 Å². The van der Waals surface area contributed by atoms with E-state index in [1.807, 2.05) is 7.05 Å². The van der Waals surface area contributed by atoms with Gasteiger partial charge in [-0.3, -0.25) is 0 Å². The molecular formula is C12H25N3. The van der Waals surface area contributed by atoms with Gasteiger partial charge in [0, 0.05) is 25.7 Å². The minimum Gasteiger partial charge on any atom is -0.320 e. The van der Waals surface area contributed by atoms with Crippen LogP contribution in [-0.4, -0.2) is 50.7 Å². The second-order valence-electron chi connectivity index (χ2n) is 5.08. The molecule has 1 saturated heterocycles. The molecule has 0 aromatic rings. The lowest BCUT2D eigenvalue weighted by molar-refractivity contribution is 0.318. The van der Waals surface area contributed by atoms with E-state index < -0.39 is 0 Å². The highest BCUT2D eigenvalue weighted by molar-refractivity contribution is 4.82. The van der Waals surface area contributed by atoms with E-state index in [1.165, 1.54) is 58.4 Å². The predicted molar refractivity (Wildman–Crippen MR) is 64.1 cm³/mol. The Balaban J connectivity index is 1.51. The van der Waals surface area contributed by atoms with E-state index in [1.54, 1.807) is 0 Å². The topological polar surface area (TPSA) is 27.3 Å². The first-order valence-electron chi connectivity index (χ1n) is 6.49. The van der Waals surface area contributed by atoms with Gasteiger partial charge in [-0.25, -0.2) is 0 Å². The van der Waals surface area contributed by atoms with Gasteiger partial charge in [0.2, 0.25) is 0 Å². The number of rotatable bonds is 7. The van der Waals surface area contributed by atoms with E-state index in [-0.39, 0.29) is 0 Å². The van der Waals surface area contributed by atoms with Crippen LogP contribution in [0.4, 0.5) is 0 Å². The summed E-state index contributed by atoms with van der Waals surface area (Å²) in [6.45, 7) is 6.28. The first-order valence-corrected chi connectivity index (χ1v) is 6.49. The normalized spacial score (nSPS) is 27.4. The molecule has 0 aromatic carbocycles. The molecule has 1 saturated carbocycles. The van der Waals surface area contributed by atoms with Crippen LogP contribution in [0.2, 0.25) is 0 Å². The third-order valence-electron chi connectivity index (χ3n) is 3.61. The molecule has 0 radical (unpaired) electrons. The van der Waals surface area contributed by atoms with Gasteiger partial charge in [-0.2, -0.15) is 0 Å². The molecule has 1 heterocycles. The summed E-state index contributed by atoms with van der Waals surface area (Å²) >= 11 is 0. The van der Waals surface area contributed by atoms with Gasteiger partial charge >= 0.3 is 0 Å². The van der Waals surface area contributed by atoms with E-state index in [2.05, 4.69) is 15.5 Å². The molecule has 0 bridgehead atoms. The standard InChI is InChI=1S/C12H25N3/c1-13-6-4-11-5-8-15(10-11)9-7-14-12-2-3-12/h11-14H,2-10H2,1H3. The third-order valence-corrected chi connectivity index (χ3v) is 3.61. The quantitative estimate of drug-likeness (QED) is 0.648. The molecule has 0 aromatic heterocycles. The minimum atomic E-state index is 0.868. The van der Waals surface area contributed by atoms with Crippen LogP contribution in [0, 0.1) is 5.92 Å². The van der Waals surface area contributed by atoms with Crippen molar-refractivity contribution in [1.82, 2.24) is 15.5 Å². The summed E-state index contributed by atoms with van der Waals surface area (Å²) in [5.41, 5.74) is 0. The summed E-state index contributed by atoms with van der Waals surface area (Å²) in [4.78, 5) is 2.62. The monoisotopic (exact) mass is 211 g/mol. The number of hydrogen-bond donors (Lipinski definition) is 2. The van der Waals surface area contributed by atoms with Crippen LogP contribution < -0.4 is 10.6 Å². The molecule has 0 amide bonds. The van der Waals surface area contributed by atoms with Gasteiger partial charge in [-0.15, -0.1) is 0 Å². The molecule has 2 rings (SSSR count). The van der Waals surface area contributed by atoms with Crippen molar-refractivity contribution in [3.05, 3.63) is 0 Å². The maximum absolute atomic E-state index is 3.59. The number of nitrogens with one attached hydrogen (secondary N) is 2. The number of nitrogens with zero attached hydrogens (tertiary/aromatic N) is 1. The van der Waals surface area contributed by atoms with Crippen LogP contribution in [0.15, 0.2) is 0 Å². The van der Waals surface area contributed by atoms with E-state index in [0.29, 0.717) is 0 Å². The van der Waals surface area contributed by atoms with Gasteiger partial charge in [0.15, 0.2) is 0 Å². The molecular weight excluding hydrogens is 186 g/mol. The molecule has 15 heavy (non-hydrogen) atoms. The van der Waals surface area contributed by atoms with Crippen LogP contribution in [0.3, 0.4) is 0 Å². The van der Waals surface area contributed by atoms with Gasteiger partial charge in [0.25, 0.3) is 0 Å². The molecule has 1 aliphatic heterocycles. The van der Waals surface area contributed by atoms with Crippen molar-refractivity contribution in [2.75, 3.05) is 39.8 Å². The Hall–Kier alpha value is -0.120. The summed E-state index contributed by atoms with van der Waals surface area (Å²) < 4.78 is 0. The van der Waals surface area contributed by atoms with Crippen molar-refractivity contribution in [1.29, 1.82) is 0 Å². The van der Waals surface area contributed by atoms with E-state index in [0.717, 1.165) is 12.0 Å². The van der Waals surface area contributed by atoms with Crippen LogP contribution in [0.1, 0.15) is 25.7 Å². The van der Waals surface area contributed by atoms with Crippen molar-refractivity contribution < 1.29 is 0 Å². The highest BCUT2D eigenvalue weighted by Gasteiger charge is 2.23. The zero-order valence-electron chi connectivity index (χ0n) is 9.97. The maximum Gasteiger partial charge on any atom is 0.0107 e. The fourth-order valence-corrected chi connectivity index (χ4v) is 2.41. The van der Waals surface area contributed by atoms with E-state index in [4.69, 9.17) is 0 Å². The zero-order valence-corrected chi connectivity index (χ0v) is 9.97. The van der Waals surface area contributed by atoms with Crippen LogP contribution in [-0.2, 0) is 0 Å². The summed E-state index contributed by atoms with van der Waals surface area (Å²) in [6.07, 6.45) is 5.57. The second kappa shape index (κ2) is 5.83. The van der Waals surface area contributed by atoms with Crippen LogP contribution >= 0.6 is 0 Å². The van der Waals surface area contributed by atoms with Crippen molar-refractivity contribution in [2.24, 2.45) is 5.92 Å². The zero-order chi connectivity index (χ0) is 10.5. The average molecular weight is 211 g/mol. The lowest BCUT2D eigenvalue weighted by atomic mass is 10.1. The number of hydrogen-bond acceptors (Lipinski definition) is 3. The van der Waals surface area contributed by atoms with Crippen LogP contribution in [0.5, 0.6) is 0 Å². The van der Waals surface area contributed by atoms with Gasteiger partial charge in [-0.1, -0.05) is 0 Å². The lowest BCUT2D eigenvalue weighted by Crippen LogP contribution is -2.31. The van der Waals surface area contributed by atoms with Gasteiger partial charge < -0.3 is 15.5 Å². The van der Waals surface area contributed by atoms with Crippen molar-refractivity contribution >= 4 is 0 Å². The summed E-state index contributed by atoms with van der Waals surface area (Å²) in [5, 5.41) is 6.83. The van der Waals surface area contributed by atoms with Crippen LogP contribution in [0.25, 0.3) is 0 Å². The highest BCUT2D eigenvalue weighted by Crippen LogP contribution is 2.20. The first-order chi connectivity index (χ1) is 7.38. The Morgan fingerprint density at radius 3 is 2.80 bits per heavy atom. The molecule has 88 valence electrons. The highest BCUT2D eigenvalue weighted by atomic mass is 15.2. The third kappa shape index (κ3) is 4.09. The Morgan fingerprint density at radius 2 is 2.07 bits per heavy atom. The van der Waals surface area contributed by atoms with E-state index in [9.17, 15) is 0 Å². The Labute approximate surface area is 93.6 Å². The first kappa shape index (κ1) is 11.4. The van der Waals surface area contributed by atoms with Gasteiger partial charge in [-0.05, 0) is 51.7 Å². The molecule has 1 aliphatic carbocycles. The Kier molecular flexibility index (Phi) is 4.42. The molecule has 2 aliphatic rings. The largest absolute Gasteiger partial charge is 0.320 e. The summed E-state index contributed by atoms with van der Waals surface area (Å²) in [7, 11) is 2.05. The van der Waals surface area contributed by atoms with Crippen molar-refractivity contribution in [2.45, 2.75) is 31.7 Å². The molecule has 3 nitrogen and oxygen atoms in total. The SMILES string of the molecule is CNCCC1CCN(CCNC2CC2)C1. The maximum atomic E-state index is 3.59. The Morgan fingerprint density at radius 1 is 1.20 bits per heavy atom. The smallest absolute Gasteiger partial charge is 0.0107 e. The molecule has 3 heteroatoms. The minimum absolute atomic E-state index is 0.868. The molecule has 0 spiro atoms. The molecule has 2 N–H and O–H groups in total. The molecule has 1 unspecified atom stereocenters. The second-order valence-corrected chi connectivity index (χ2v) is 5.08. The number of likely N-dealkylation sites (tertiary alicyclic amines) is 1. The summed E-state index contributed by atoms with van der Waals surface area (Å²) in [6, 6.07) is 0.868. The van der Waals surface area contributed by atoms with Crippen molar-refractivity contribution in [3.8, 4) is 0 Å². The fourth-order valence-electron chi connectivity index (χ4n) is 2.41. The molecule has 2 fully saturated rings. The van der Waals surface area contributed by atoms with Gasteiger partial charge in [0.1, 0.15) is 0 Å². The fraction of sp³-hybridized carbons (Fsp3) is 1.00. The lowest BCUT2D eigenvalue weighted by Gasteiger charge is -2.16. The Bertz CT molecular complexity index is 180. The average Bonchev–Trinajstić information content (AvgIpc) is 2.95. The molecule has 1 atom stereocenters. The van der Waals surface area contributed by atoms with Crippen molar-refractivity contribution in [3.63, 3.8) is 0 Å².